The normalized spacial score (nSPS) is 25.7. The van der Waals surface area contributed by atoms with Gasteiger partial charge in [0.1, 0.15) is 0 Å². The molecule has 0 aromatic carbocycles. The van der Waals surface area contributed by atoms with Crippen LogP contribution < -0.4 is 10.2 Å². The molecule has 5 nitrogen and oxygen atoms in total. The van der Waals surface area contributed by atoms with Crippen molar-refractivity contribution in [2.75, 3.05) is 31.2 Å². The zero-order chi connectivity index (χ0) is 13.1. The largest absolute Gasteiger partial charge is 0.381 e. The number of hydrogen-bond donors (Lipinski definition) is 1. The van der Waals surface area contributed by atoms with Crippen LogP contribution in [-0.2, 0) is 11.8 Å². The molecular formula is C14H24N4O. The van der Waals surface area contributed by atoms with Crippen LogP contribution in [0.4, 0.5) is 5.69 Å². The molecule has 3 heterocycles. The highest BCUT2D eigenvalue weighted by molar-refractivity contribution is 5.42. The predicted octanol–water partition coefficient (Wildman–Crippen LogP) is 1.16. The Hall–Kier alpha value is -1.07. The molecule has 1 aromatic rings. The monoisotopic (exact) mass is 264 g/mol. The van der Waals surface area contributed by atoms with Gasteiger partial charge in [0.25, 0.3) is 0 Å². The van der Waals surface area contributed by atoms with E-state index >= 15 is 0 Å². The lowest BCUT2D eigenvalue weighted by molar-refractivity contribution is 0.0742. The summed E-state index contributed by atoms with van der Waals surface area (Å²) in [6.45, 7) is 4.08. The van der Waals surface area contributed by atoms with E-state index in [0.717, 1.165) is 39.1 Å². The van der Waals surface area contributed by atoms with Crippen LogP contribution in [0.1, 0.15) is 25.7 Å². The van der Waals surface area contributed by atoms with Gasteiger partial charge in [-0.15, -0.1) is 0 Å². The zero-order valence-electron chi connectivity index (χ0n) is 11.7. The summed E-state index contributed by atoms with van der Waals surface area (Å²) in [4.78, 5) is 2.45. The fourth-order valence-electron chi connectivity index (χ4n) is 3.12. The number of anilines is 1. The van der Waals surface area contributed by atoms with Crippen LogP contribution in [0, 0.1) is 0 Å². The lowest BCUT2D eigenvalue weighted by Crippen LogP contribution is -2.50. The molecule has 0 amide bonds. The fraction of sp³-hybridized carbons (Fsp3) is 0.786. The fourth-order valence-corrected chi connectivity index (χ4v) is 3.12. The van der Waals surface area contributed by atoms with E-state index in [0.29, 0.717) is 12.1 Å². The number of nitrogens with zero attached hydrogens (tertiary/aromatic N) is 3. The Morgan fingerprint density at radius 2 is 2.11 bits per heavy atom. The van der Waals surface area contributed by atoms with Crippen LogP contribution in [0.25, 0.3) is 0 Å². The van der Waals surface area contributed by atoms with Gasteiger partial charge in [0.2, 0.25) is 0 Å². The van der Waals surface area contributed by atoms with Crippen molar-refractivity contribution in [1.82, 2.24) is 15.1 Å². The van der Waals surface area contributed by atoms with Gasteiger partial charge in [-0.05, 0) is 25.7 Å². The smallest absolute Gasteiger partial charge is 0.0752 e. The Balaban J connectivity index is 1.55. The second kappa shape index (κ2) is 5.92. The number of rotatable bonds is 3. The van der Waals surface area contributed by atoms with Crippen molar-refractivity contribution in [1.29, 1.82) is 0 Å². The van der Waals surface area contributed by atoms with E-state index < -0.39 is 0 Å². The highest BCUT2D eigenvalue weighted by atomic mass is 16.5. The van der Waals surface area contributed by atoms with Crippen molar-refractivity contribution < 1.29 is 4.74 Å². The summed E-state index contributed by atoms with van der Waals surface area (Å²) in [7, 11) is 1.98. The van der Waals surface area contributed by atoms with Gasteiger partial charge in [-0.25, -0.2) is 0 Å². The molecule has 0 saturated carbocycles. The maximum atomic E-state index is 5.42. The number of aromatic nitrogens is 2. The van der Waals surface area contributed by atoms with Gasteiger partial charge in [0, 0.05) is 51.6 Å². The minimum absolute atomic E-state index is 0.608. The molecule has 0 bridgehead atoms. The van der Waals surface area contributed by atoms with Crippen molar-refractivity contribution in [3.63, 3.8) is 0 Å². The summed E-state index contributed by atoms with van der Waals surface area (Å²) in [5.41, 5.74) is 1.25. The van der Waals surface area contributed by atoms with Gasteiger partial charge in [-0.2, -0.15) is 5.10 Å². The van der Waals surface area contributed by atoms with Crippen LogP contribution >= 0.6 is 0 Å². The summed E-state index contributed by atoms with van der Waals surface area (Å²) >= 11 is 0. The molecule has 3 rings (SSSR count). The minimum atomic E-state index is 0.608. The third-order valence-corrected chi connectivity index (χ3v) is 4.17. The molecular weight excluding hydrogens is 240 g/mol. The second-order valence-electron chi connectivity index (χ2n) is 5.71. The lowest BCUT2D eigenvalue weighted by Gasteiger charge is -2.36. The van der Waals surface area contributed by atoms with E-state index in [4.69, 9.17) is 4.74 Å². The predicted molar refractivity (Wildman–Crippen MR) is 75.4 cm³/mol. The standard InChI is InChI=1S/C14H24N4O/c1-17-11-14(9-15-17)18-6-2-3-13(10-18)16-12-4-7-19-8-5-12/h9,11-13,16H,2-8,10H2,1H3/t13-/m0/s1. The molecule has 19 heavy (non-hydrogen) atoms. The third-order valence-electron chi connectivity index (χ3n) is 4.17. The maximum Gasteiger partial charge on any atom is 0.0752 e. The van der Waals surface area contributed by atoms with Gasteiger partial charge < -0.3 is 15.0 Å². The average molecular weight is 264 g/mol. The summed E-state index contributed by atoms with van der Waals surface area (Å²) < 4.78 is 7.30. The molecule has 1 N–H and O–H groups in total. The molecule has 0 radical (unpaired) electrons. The summed E-state index contributed by atoms with van der Waals surface area (Å²) in [5.74, 6) is 0. The molecule has 2 aliphatic rings. The van der Waals surface area contributed by atoms with E-state index in [1.165, 1.54) is 18.5 Å². The van der Waals surface area contributed by atoms with Gasteiger partial charge in [-0.1, -0.05) is 0 Å². The topological polar surface area (TPSA) is 42.3 Å². The van der Waals surface area contributed by atoms with Crippen molar-refractivity contribution in [2.24, 2.45) is 7.05 Å². The van der Waals surface area contributed by atoms with Gasteiger partial charge >= 0.3 is 0 Å². The van der Waals surface area contributed by atoms with E-state index in [9.17, 15) is 0 Å². The highest BCUT2D eigenvalue weighted by Crippen LogP contribution is 2.20. The number of nitrogens with one attached hydrogen (secondary N) is 1. The van der Waals surface area contributed by atoms with E-state index in [1.54, 1.807) is 0 Å². The Bertz CT molecular complexity index is 400. The van der Waals surface area contributed by atoms with E-state index in [1.807, 2.05) is 17.9 Å². The first-order chi connectivity index (χ1) is 9.31. The second-order valence-corrected chi connectivity index (χ2v) is 5.71. The Morgan fingerprint density at radius 1 is 1.26 bits per heavy atom. The number of piperidine rings is 1. The molecule has 2 aliphatic heterocycles. The number of ether oxygens (including phenoxy) is 1. The average Bonchev–Trinajstić information content (AvgIpc) is 2.87. The van der Waals surface area contributed by atoms with Crippen molar-refractivity contribution in [2.45, 2.75) is 37.8 Å². The van der Waals surface area contributed by atoms with Crippen molar-refractivity contribution >= 4 is 5.69 Å². The van der Waals surface area contributed by atoms with Crippen molar-refractivity contribution in [3.8, 4) is 0 Å². The number of hydrogen-bond acceptors (Lipinski definition) is 4. The Labute approximate surface area is 114 Å². The van der Waals surface area contributed by atoms with Crippen LogP contribution in [0.3, 0.4) is 0 Å². The maximum absolute atomic E-state index is 5.42. The van der Waals surface area contributed by atoms with Crippen LogP contribution in [0.2, 0.25) is 0 Å². The van der Waals surface area contributed by atoms with Gasteiger partial charge in [0.05, 0.1) is 11.9 Å². The molecule has 0 unspecified atom stereocenters. The lowest BCUT2D eigenvalue weighted by atomic mass is 10.0. The van der Waals surface area contributed by atoms with Crippen LogP contribution in [-0.4, -0.2) is 48.2 Å². The van der Waals surface area contributed by atoms with Gasteiger partial charge in [0.15, 0.2) is 0 Å². The summed E-state index contributed by atoms with van der Waals surface area (Å²) in [6, 6.07) is 1.25. The first kappa shape index (κ1) is 12.9. The zero-order valence-corrected chi connectivity index (χ0v) is 11.7. The van der Waals surface area contributed by atoms with Crippen molar-refractivity contribution in [3.05, 3.63) is 12.4 Å². The molecule has 2 saturated heterocycles. The molecule has 106 valence electrons. The molecule has 1 aromatic heterocycles. The summed E-state index contributed by atoms with van der Waals surface area (Å²) in [5, 5.41) is 8.09. The third kappa shape index (κ3) is 3.28. The van der Waals surface area contributed by atoms with Crippen LogP contribution in [0.15, 0.2) is 12.4 Å². The van der Waals surface area contributed by atoms with Gasteiger partial charge in [-0.3, -0.25) is 4.68 Å². The molecule has 2 fully saturated rings. The molecule has 1 atom stereocenters. The molecule has 0 spiro atoms. The van der Waals surface area contributed by atoms with Crippen LogP contribution in [0.5, 0.6) is 0 Å². The minimum Gasteiger partial charge on any atom is -0.381 e. The number of aryl methyl sites for hydroxylation is 1. The quantitative estimate of drug-likeness (QED) is 0.889. The highest BCUT2D eigenvalue weighted by Gasteiger charge is 2.24. The molecule has 0 aliphatic carbocycles. The Morgan fingerprint density at radius 3 is 2.84 bits per heavy atom. The van der Waals surface area contributed by atoms with E-state index in [2.05, 4.69) is 21.5 Å². The summed E-state index contributed by atoms with van der Waals surface area (Å²) in [6.07, 6.45) is 8.93. The first-order valence-corrected chi connectivity index (χ1v) is 7.38. The van der Waals surface area contributed by atoms with E-state index in [-0.39, 0.29) is 0 Å². The SMILES string of the molecule is Cn1cc(N2CCC[C@H](NC3CCOCC3)C2)cn1. The Kier molecular flexibility index (Phi) is 4.03. The first-order valence-electron chi connectivity index (χ1n) is 7.38. The molecule has 5 heteroatoms.